The van der Waals surface area contributed by atoms with Crippen LogP contribution in [0.5, 0.6) is 0 Å². The Bertz CT molecular complexity index is 649. The third-order valence-electron chi connectivity index (χ3n) is 4.07. The van der Waals surface area contributed by atoms with Crippen LogP contribution in [0, 0.1) is 0 Å². The minimum Gasteiger partial charge on any atom is -0.349 e. The molecule has 3 N–H and O–H groups in total. The van der Waals surface area contributed by atoms with Crippen LogP contribution >= 0.6 is 35.3 Å². The molecule has 1 aliphatic carbocycles. The van der Waals surface area contributed by atoms with E-state index in [1.54, 1.807) is 0 Å². The summed E-state index contributed by atoms with van der Waals surface area (Å²) in [6.07, 6.45) is 3.93. The van der Waals surface area contributed by atoms with Crippen LogP contribution in [0.2, 0.25) is 5.02 Å². The Morgan fingerprint density at radius 3 is 2.39 bits per heavy atom. The summed E-state index contributed by atoms with van der Waals surface area (Å²) in [5, 5.41) is 3.84. The van der Waals surface area contributed by atoms with E-state index in [0.717, 1.165) is 41.0 Å². The van der Waals surface area contributed by atoms with Crippen LogP contribution in [0.3, 0.4) is 0 Å². The Balaban J connectivity index is 0.00000192. The van der Waals surface area contributed by atoms with Crippen molar-refractivity contribution in [3.05, 3.63) is 46.3 Å². The van der Waals surface area contributed by atoms with E-state index in [1.165, 1.54) is 11.3 Å². The van der Waals surface area contributed by atoms with Crippen molar-refractivity contribution in [3.8, 4) is 10.4 Å². The van der Waals surface area contributed by atoms with Crippen LogP contribution in [0.4, 0.5) is 0 Å². The molecule has 1 aromatic carbocycles. The van der Waals surface area contributed by atoms with Gasteiger partial charge in [0, 0.05) is 22.0 Å². The van der Waals surface area contributed by atoms with E-state index in [4.69, 9.17) is 17.3 Å². The lowest BCUT2D eigenvalue weighted by atomic mass is 9.92. The van der Waals surface area contributed by atoms with E-state index in [2.05, 4.69) is 5.32 Å². The van der Waals surface area contributed by atoms with Crippen molar-refractivity contribution in [2.45, 2.75) is 37.8 Å². The first-order valence-corrected chi connectivity index (χ1v) is 8.73. The number of benzene rings is 1. The highest BCUT2D eigenvalue weighted by molar-refractivity contribution is 7.17. The number of nitrogens with one attached hydrogen (secondary N) is 1. The quantitative estimate of drug-likeness (QED) is 0.835. The molecule has 1 aromatic heterocycles. The maximum Gasteiger partial charge on any atom is 0.261 e. The summed E-state index contributed by atoms with van der Waals surface area (Å²) < 4.78 is 0. The highest BCUT2D eigenvalue weighted by Crippen LogP contribution is 2.29. The van der Waals surface area contributed by atoms with Gasteiger partial charge in [0.1, 0.15) is 0 Å². The fraction of sp³-hybridized carbons (Fsp3) is 0.353. The molecular weight excluding hydrogens is 351 g/mol. The molecule has 0 atom stereocenters. The lowest BCUT2D eigenvalue weighted by molar-refractivity contribution is 0.0930. The summed E-state index contributed by atoms with van der Waals surface area (Å²) in [7, 11) is 0. The third-order valence-corrected chi connectivity index (χ3v) is 5.45. The van der Waals surface area contributed by atoms with Gasteiger partial charge < -0.3 is 11.1 Å². The molecule has 1 aliphatic rings. The number of carbonyl (C=O) groups excluding carboxylic acids is 1. The Kier molecular flexibility index (Phi) is 6.48. The normalized spacial score (nSPS) is 20.6. The van der Waals surface area contributed by atoms with Gasteiger partial charge in [-0.15, -0.1) is 23.7 Å². The Morgan fingerprint density at radius 2 is 1.74 bits per heavy atom. The van der Waals surface area contributed by atoms with Crippen molar-refractivity contribution < 1.29 is 4.79 Å². The fourth-order valence-corrected chi connectivity index (χ4v) is 3.79. The molecule has 3 nitrogen and oxygen atoms in total. The molecule has 124 valence electrons. The van der Waals surface area contributed by atoms with Crippen LogP contribution in [0.25, 0.3) is 10.4 Å². The maximum atomic E-state index is 12.3. The lowest BCUT2D eigenvalue weighted by Gasteiger charge is -2.26. The molecule has 0 unspecified atom stereocenters. The van der Waals surface area contributed by atoms with Gasteiger partial charge in [-0.1, -0.05) is 23.7 Å². The summed E-state index contributed by atoms with van der Waals surface area (Å²) >= 11 is 7.41. The van der Waals surface area contributed by atoms with Gasteiger partial charge in [0.15, 0.2) is 0 Å². The van der Waals surface area contributed by atoms with E-state index >= 15 is 0 Å². The number of rotatable bonds is 3. The second-order valence-corrected chi connectivity index (χ2v) is 7.28. The number of hydrogen-bond acceptors (Lipinski definition) is 3. The molecule has 23 heavy (non-hydrogen) atoms. The number of hydrogen-bond donors (Lipinski definition) is 2. The predicted molar refractivity (Wildman–Crippen MR) is 99.7 cm³/mol. The van der Waals surface area contributed by atoms with Gasteiger partial charge >= 0.3 is 0 Å². The van der Waals surface area contributed by atoms with E-state index < -0.39 is 0 Å². The van der Waals surface area contributed by atoms with Crippen molar-refractivity contribution >= 4 is 41.3 Å². The van der Waals surface area contributed by atoms with E-state index in [-0.39, 0.29) is 24.4 Å². The summed E-state index contributed by atoms with van der Waals surface area (Å²) in [4.78, 5) is 14.2. The van der Waals surface area contributed by atoms with Crippen LogP contribution in [0.1, 0.15) is 35.4 Å². The van der Waals surface area contributed by atoms with Crippen LogP contribution in [-0.2, 0) is 0 Å². The van der Waals surface area contributed by atoms with Crippen molar-refractivity contribution in [2.75, 3.05) is 0 Å². The Labute approximate surface area is 151 Å². The standard InChI is InChI=1S/C17H19ClN2OS.ClH/c18-12-3-1-11(2-4-12)15-9-10-16(22-15)17(21)20-14-7-5-13(19)6-8-14;/h1-4,9-10,13-14H,5-8,19H2,(H,20,21);1H. The molecule has 6 heteroatoms. The van der Waals surface area contributed by atoms with Gasteiger partial charge in [-0.25, -0.2) is 0 Å². The predicted octanol–water partition coefficient (Wildman–Crippen LogP) is 4.49. The topological polar surface area (TPSA) is 55.1 Å². The van der Waals surface area contributed by atoms with Gasteiger partial charge in [0.25, 0.3) is 5.91 Å². The number of amides is 1. The second kappa shape index (κ2) is 8.15. The van der Waals surface area contributed by atoms with Gasteiger partial charge in [0.05, 0.1) is 4.88 Å². The minimum atomic E-state index is 0. The van der Waals surface area contributed by atoms with Gasteiger partial charge in [-0.05, 0) is 55.5 Å². The Hall–Kier alpha value is -1.07. The number of thiophene rings is 1. The largest absolute Gasteiger partial charge is 0.349 e. The molecule has 2 aromatic rings. The minimum absolute atomic E-state index is 0. The van der Waals surface area contributed by atoms with Crippen LogP contribution < -0.4 is 11.1 Å². The van der Waals surface area contributed by atoms with E-state index in [0.29, 0.717) is 11.1 Å². The van der Waals surface area contributed by atoms with E-state index in [1.807, 2.05) is 36.4 Å². The SMILES string of the molecule is Cl.NC1CCC(NC(=O)c2ccc(-c3ccc(Cl)cc3)s2)CC1. The average molecular weight is 371 g/mol. The van der Waals surface area contributed by atoms with Gasteiger partial charge in [-0.2, -0.15) is 0 Å². The molecule has 0 spiro atoms. The zero-order valence-corrected chi connectivity index (χ0v) is 15.0. The summed E-state index contributed by atoms with van der Waals surface area (Å²) in [5.74, 6) is 0.0192. The lowest BCUT2D eigenvalue weighted by Crippen LogP contribution is -2.40. The van der Waals surface area contributed by atoms with Crippen LogP contribution in [-0.4, -0.2) is 18.0 Å². The molecular formula is C17H20Cl2N2OS. The van der Waals surface area contributed by atoms with Crippen molar-refractivity contribution in [3.63, 3.8) is 0 Å². The number of halogens is 2. The zero-order chi connectivity index (χ0) is 15.5. The van der Waals surface area contributed by atoms with Gasteiger partial charge in [-0.3, -0.25) is 4.79 Å². The third kappa shape index (κ3) is 4.70. The number of carbonyl (C=O) groups is 1. The first-order chi connectivity index (χ1) is 10.6. The highest BCUT2D eigenvalue weighted by atomic mass is 35.5. The average Bonchev–Trinajstić information content (AvgIpc) is 3.00. The molecule has 0 saturated heterocycles. The van der Waals surface area contributed by atoms with Crippen molar-refractivity contribution in [1.29, 1.82) is 0 Å². The Morgan fingerprint density at radius 1 is 1.09 bits per heavy atom. The molecule has 1 saturated carbocycles. The maximum absolute atomic E-state index is 12.3. The van der Waals surface area contributed by atoms with Crippen LogP contribution in [0.15, 0.2) is 36.4 Å². The summed E-state index contributed by atoms with van der Waals surface area (Å²) in [5.41, 5.74) is 6.98. The molecule has 0 aliphatic heterocycles. The molecule has 0 radical (unpaired) electrons. The summed E-state index contributed by atoms with van der Waals surface area (Å²) in [6.45, 7) is 0. The molecule has 1 heterocycles. The smallest absolute Gasteiger partial charge is 0.261 e. The molecule has 1 amide bonds. The summed E-state index contributed by atoms with van der Waals surface area (Å²) in [6, 6.07) is 12.1. The second-order valence-electron chi connectivity index (χ2n) is 5.76. The monoisotopic (exact) mass is 370 g/mol. The number of nitrogens with two attached hydrogens (primary N) is 1. The molecule has 3 rings (SSSR count). The fourth-order valence-electron chi connectivity index (χ4n) is 2.75. The first kappa shape index (κ1) is 18.3. The van der Waals surface area contributed by atoms with E-state index in [9.17, 15) is 4.79 Å². The molecule has 0 bridgehead atoms. The highest BCUT2D eigenvalue weighted by Gasteiger charge is 2.21. The van der Waals surface area contributed by atoms with Crippen molar-refractivity contribution in [2.24, 2.45) is 5.73 Å². The molecule has 1 fully saturated rings. The van der Waals surface area contributed by atoms with Gasteiger partial charge in [0.2, 0.25) is 0 Å². The zero-order valence-electron chi connectivity index (χ0n) is 12.6. The first-order valence-electron chi connectivity index (χ1n) is 7.54. The van der Waals surface area contributed by atoms with Crippen molar-refractivity contribution in [1.82, 2.24) is 5.32 Å².